The Kier molecular flexibility index (Phi) is 6.95. The Morgan fingerprint density at radius 3 is 2.13 bits per heavy atom. The van der Waals surface area contributed by atoms with Gasteiger partial charge < -0.3 is 25.1 Å². The summed E-state index contributed by atoms with van der Waals surface area (Å²) in [4.78, 5) is 29.2. The average molecular weight is 510 g/mol. The van der Waals surface area contributed by atoms with Crippen molar-refractivity contribution in [1.29, 1.82) is 0 Å². The fraction of sp³-hybridized carbons (Fsp3) is 0.321. The molecule has 2 aliphatic rings. The van der Waals surface area contributed by atoms with Gasteiger partial charge in [0.25, 0.3) is 0 Å². The molecule has 2 aromatic heterocycles. The van der Waals surface area contributed by atoms with Crippen LogP contribution >= 0.6 is 0 Å². The normalized spacial score (nSPS) is 17.6. The molecule has 2 saturated heterocycles. The zero-order valence-corrected chi connectivity index (χ0v) is 21.2. The fourth-order valence-corrected chi connectivity index (χ4v) is 4.90. The number of β-amino-alcohol motifs (C(OH)–C–C–N with tert-alkyl or cyclic N) is 1. The van der Waals surface area contributed by atoms with Crippen molar-refractivity contribution in [1.82, 2.24) is 24.9 Å². The molecule has 4 heterocycles. The van der Waals surface area contributed by atoms with Crippen LogP contribution in [0.5, 0.6) is 0 Å². The smallest absolute Gasteiger partial charge is 0.231 e. The summed E-state index contributed by atoms with van der Waals surface area (Å²) in [6.07, 6.45) is 6.80. The minimum Gasteiger partial charge on any atom is -0.391 e. The molecule has 0 amide bonds. The summed E-state index contributed by atoms with van der Waals surface area (Å²) in [5.41, 5.74) is 4.37. The predicted octanol–water partition coefficient (Wildman–Crippen LogP) is 2.89. The SMILES string of the molecule is O[C@H]1CCN(c2ccc(Nc3ncnc(N4CCN(c5ncc(Cc6ccccc6)cn5)CC4)n3)cc2)C1. The summed E-state index contributed by atoms with van der Waals surface area (Å²) in [5.74, 6) is 1.93. The van der Waals surface area contributed by atoms with E-state index in [4.69, 9.17) is 0 Å². The van der Waals surface area contributed by atoms with Gasteiger partial charge in [-0.1, -0.05) is 30.3 Å². The van der Waals surface area contributed by atoms with Crippen LogP contribution in [0.2, 0.25) is 0 Å². The van der Waals surface area contributed by atoms with E-state index >= 15 is 0 Å². The predicted molar refractivity (Wildman–Crippen MR) is 148 cm³/mol. The highest BCUT2D eigenvalue weighted by atomic mass is 16.3. The monoisotopic (exact) mass is 509 g/mol. The maximum atomic E-state index is 9.78. The number of nitrogens with zero attached hydrogens (tertiary/aromatic N) is 8. The lowest BCUT2D eigenvalue weighted by atomic mass is 10.1. The van der Waals surface area contributed by atoms with Gasteiger partial charge in [-0.25, -0.2) is 19.9 Å². The van der Waals surface area contributed by atoms with E-state index in [0.29, 0.717) is 18.4 Å². The molecule has 194 valence electrons. The van der Waals surface area contributed by atoms with Crippen molar-refractivity contribution < 1.29 is 5.11 Å². The van der Waals surface area contributed by atoms with Crippen molar-refractivity contribution in [3.63, 3.8) is 0 Å². The topological polar surface area (TPSA) is 106 Å². The van der Waals surface area contributed by atoms with Gasteiger partial charge in [0.15, 0.2) is 0 Å². The van der Waals surface area contributed by atoms with Crippen molar-refractivity contribution in [2.45, 2.75) is 18.9 Å². The van der Waals surface area contributed by atoms with Gasteiger partial charge >= 0.3 is 0 Å². The van der Waals surface area contributed by atoms with Gasteiger partial charge in [-0.2, -0.15) is 4.98 Å². The lowest BCUT2D eigenvalue weighted by Crippen LogP contribution is -2.47. The summed E-state index contributed by atoms with van der Waals surface area (Å²) in [6, 6.07) is 18.5. The molecule has 2 fully saturated rings. The van der Waals surface area contributed by atoms with Crippen LogP contribution in [0, 0.1) is 0 Å². The molecule has 0 unspecified atom stereocenters. The zero-order chi connectivity index (χ0) is 25.7. The lowest BCUT2D eigenvalue weighted by molar-refractivity contribution is 0.198. The summed E-state index contributed by atoms with van der Waals surface area (Å²) in [5, 5.41) is 13.1. The number of benzene rings is 2. The van der Waals surface area contributed by atoms with Gasteiger partial charge in [-0.05, 0) is 41.8 Å². The first-order valence-corrected chi connectivity index (χ1v) is 13.0. The van der Waals surface area contributed by atoms with E-state index in [0.717, 1.165) is 68.5 Å². The van der Waals surface area contributed by atoms with E-state index < -0.39 is 0 Å². The molecule has 0 bridgehead atoms. The van der Waals surface area contributed by atoms with Gasteiger partial charge in [0, 0.05) is 69.5 Å². The van der Waals surface area contributed by atoms with Crippen molar-refractivity contribution in [3.8, 4) is 0 Å². The average Bonchev–Trinajstić information content (AvgIpc) is 3.41. The number of aliphatic hydroxyl groups excluding tert-OH is 1. The molecule has 2 N–H and O–H groups in total. The Hall–Kier alpha value is -4.31. The van der Waals surface area contributed by atoms with E-state index in [1.165, 1.54) is 5.56 Å². The highest BCUT2D eigenvalue weighted by Crippen LogP contribution is 2.24. The van der Waals surface area contributed by atoms with E-state index in [9.17, 15) is 5.11 Å². The molecule has 0 spiro atoms. The number of hydrogen-bond donors (Lipinski definition) is 2. The molecule has 0 radical (unpaired) electrons. The molecule has 38 heavy (non-hydrogen) atoms. The first-order chi connectivity index (χ1) is 18.7. The molecule has 0 saturated carbocycles. The minimum atomic E-state index is -0.240. The number of nitrogens with one attached hydrogen (secondary N) is 1. The molecular formula is C28H31N9O. The number of aliphatic hydroxyl groups is 1. The van der Waals surface area contributed by atoms with Crippen LogP contribution in [0.4, 0.5) is 29.2 Å². The molecule has 10 heteroatoms. The maximum Gasteiger partial charge on any atom is 0.231 e. The van der Waals surface area contributed by atoms with Gasteiger partial charge in [0.1, 0.15) is 6.33 Å². The molecule has 0 aliphatic carbocycles. The maximum absolute atomic E-state index is 9.78. The second-order valence-corrected chi connectivity index (χ2v) is 9.70. The van der Waals surface area contributed by atoms with Gasteiger partial charge in [0.2, 0.25) is 17.8 Å². The highest BCUT2D eigenvalue weighted by Gasteiger charge is 2.22. The number of aromatic nitrogens is 5. The summed E-state index contributed by atoms with van der Waals surface area (Å²) >= 11 is 0. The Morgan fingerprint density at radius 1 is 0.737 bits per heavy atom. The van der Waals surface area contributed by atoms with E-state index in [1.54, 1.807) is 6.33 Å². The van der Waals surface area contributed by atoms with Gasteiger partial charge in [0.05, 0.1) is 6.10 Å². The van der Waals surface area contributed by atoms with Crippen LogP contribution in [-0.4, -0.2) is 75.4 Å². The molecular weight excluding hydrogens is 478 g/mol. The Morgan fingerprint density at radius 2 is 1.45 bits per heavy atom. The van der Waals surface area contributed by atoms with Gasteiger partial charge in [-0.15, -0.1) is 0 Å². The Balaban J connectivity index is 1.03. The molecule has 2 aliphatic heterocycles. The highest BCUT2D eigenvalue weighted by molar-refractivity contribution is 5.60. The van der Waals surface area contributed by atoms with E-state index in [2.05, 4.69) is 81.3 Å². The van der Waals surface area contributed by atoms with E-state index in [1.807, 2.05) is 30.6 Å². The summed E-state index contributed by atoms with van der Waals surface area (Å²) in [7, 11) is 0. The lowest BCUT2D eigenvalue weighted by Gasteiger charge is -2.34. The van der Waals surface area contributed by atoms with Crippen LogP contribution in [-0.2, 0) is 6.42 Å². The molecule has 6 rings (SSSR count). The van der Waals surface area contributed by atoms with Gasteiger partial charge in [-0.3, -0.25) is 0 Å². The molecule has 4 aromatic rings. The Bertz CT molecular complexity index is 1330. The summed E-state index contributed by atoms with van der Waals surface area (Å²) in [6.45, 7) is 4.69. The standard InChI is InChI=1S/C28H31N9O/c38-25-10-11-37(19-25)24-8-6-23(7-9-24)33-26-31-20-32-28(34-26)36-14-12-35(13-15-36)27-29-17-22(18-30-27)16-21-4-2-1-3-5-21/h1-9,17-18,20,25,38H,10-16,19H2,(H,31,32,33,34)/t25-/m0/s1. The third-order valence-electron chi connectivity index (χ3n) is 7.00. The van der Waals surface area contributed by atoms with Crippen LogP contribution in [0.1, 0.15) is 17.5 Å². The van der Waals surface area contributed by atoms with Crippen LogP contribution in [0.3, 0.4) is 0 Å². The minimum absolute atomic E-state index is 0.240. The summed E-state index contributed by atoms with van der Waals surface area (Å²) < 4.78 is 0. The van der Waals surface area contributed by atoms with Crippen molar-refractivity contribution in [2.75, 3.05) is 59.3 Å². The van der Waals surface area contributed by atoms with Crippen LogP contribution in [0.25, 0.3) is 0 Å². The van der Waals surface area contributed by atoms with Crippen LogP contribution in [0.15, 0.2) is 73.3 Å². The van der Waals surface area contributed by atoms with E-state index in [-0.39, 0.29) is 6.10 Å². The number of anilines is 5. The second kappa shape index (κ2) is 11.0. The Labute approximate surface area is 222 Å². The van der Waals surface area contributed by atoms with Crippen molar-refractivity contribution >= 4 is 29.2 Å². The number of piperazine rings is 1. The quantitative estimate of drug-likeness (QED) is 0.386. The van der Waals surface area contributed by atoms with Crippen LogP contribution < -0.4 is 20.0 Å². The number of rotatable bonds is 7. The third-order valence-corrected chi connectivity index (χ3v) is 7.00. The zero-order valence-electron chi connectivity index (χ0n) is 21.2. The van der Waals surface area contributed by atoms with Crippen molar-refractivity contribution in [2.24, 2.45) is 0 Å². The first-order valence-electron chi connectivity index (χ1n) is 13.0. The number of hydrogen-bond acceptors (Lipinski definition) is 10. The second-order valence-electron chi connectivity index (χ2n) is 9.70. The largest absolute Gasteiger partial charge is 0.391 e. The molecule has 10 nitrogen and oxygen atoms in total. The third kappa shape index (κ3) is 5.65. The first kappa shape index (κ1) is 24.1. The molecule has 2 aromatic carbocycles. The molecule has 1 atom stereocenters. The fourth-order valence-electron chi connectivity index (χ4n) is 4.90. The van der Waals surface area contributed by atoms with Crippen molar-refractivity contribution in [3.05, 3.63) is 84.4 Å².